The molecule has 1 saturated carbocycles. The van der Waals surface area contributed by atoms with E-state index in [1.807, 2.05) is 0 Å². The molecule has 0 amide bonds. The largest absolute Gasteiger partial charge is 0.504 e. The monoisotopic (exact) mass is 243 g/mol. The number of ether oxygens (including phenoxy) is 1. The molecular weight excluding hydrogens is 228 g/mol. The molecule has 0 spiro atoms. The molecule has 0 atom stereocenters. The third-order valence-electron chi connectivity index (χ3n) is 3.61. The van der Waals surface area contributed by atoms with Crippen LogP contribution in [-0.2, 0) is 5.41 Å². The number of nitrogens with two attached hydrogens (primary N) is 1. The van der Waals surface area contributed by atoms with E-state index in [0.717, 1.165) is 12.5 Å². The number of aromatic hydroxyl groups is 1. The predicted octanol–water partition coefficient (Wildman–Crippen LogP) is 2.06. The van der Waals surface area contributed by atoms with Crippen LogP contribution in [0.1, 0.15) is 24.8 Å². The normalized spacial score (nSPS) is 17.6. The first-order chi connectivity index (χ1) is 8.05. The molecule has 0 bridgehead atoms. The summed E-state index contributed by atoms with van der Waals surface area (Å²) in [4.78, 5) is 0. The second-order valence-corrected chi connectivity index (χ2v) is 4.44. The summed E-state index contributed by atoms with van der Waals surface area (Å²) in [6.45, 7) is 0.185. The first kappa shape index (κ1) is 12.1. The minimum Gasteiger partial charge on any atom is -0.504 e. The van der Waals surface area contributed by atoms with E-state index in [0.29, 0.717) is 12.8 Å². The highest BCUT2D eigenvalue weighted by atomic mass is 19.2. The second-order valence-electron chi connectivity index (χ2n) is 4.44. The maximum atomic E-state index is 13.8. The maximum absolute atomic E-state index is 13.8. The molecule has 1 aromatic rings. The molecule has 3 N–H and O–H groups in total. The van der Waals surface area contributed by atoms with Crippen LogP contribution in [0.25, 0.3) is 0 Å². The smallest absolute Gasteiger partial charge is 0.166 e. The van der Waals surface area contributed by atoms with E-state index in [1.165, 1.54) is 7.11 Å². The van der Waals surface area contributed by atoms with Gasteiger partial charge in [0.1, 0.15) is 0 Å². The summed E-state index contributed by atoms with van der Waals surface area (Å²) < 4.78 is 32.1. The molecule has 0 aliphatic heterocycles. The quantitative estimate of drug-likeness (QED) is 0.854. The highest BCUT2D eigenvalue weighted by Crippen LogP contribution is 2.50. The van der Waals surface area contributed by atoms with Crippen LogP contribution in [0.4, 0.5) is 8.78 Å². The van der Waals surface area contributed by atoms with Crippen LogP contribution in [0.5, 0.6) is 11.5 Å². The maximum Gasteiger partial charge on any atom is 0.166 e. The summed E-state index contributed by atoms with van der Waals surface area (Å²) in [6.07, 6.45) is 2.20. The number of hydrogen-bond donors (Lipinski definition) is 2. The van der Waals surface area contributed by atoms with Gasteiger partial charge < -0.3 is 15.6 Å². The van der Waals surface area contributed by atoms with Gasteiger partial charge in [0.2, 0.25) is 0 Å². The molecule has 0 aromatic heterocycles. The summed E-state index contributed by atoms with van der Waals surface area (Å²) in [6, 6.07) is 0.844. The summed E-state index contributed by atoms with van der Waals surface area (Å²) in [5.41, 5.74) is 4.95. The van der Waals surface area contributed by atoms with E-state index >= 15 is 0 Å². The van der Waals surface area contributed by atoms with Crippen molar-refractivity contribution < 1.29 is 18.6 Å². The number of phenolic OH excluding ortho intramolecular Hbond substituents is 1. The minimum atomic E-state index is -1.02. The Hall–Kier alpha value is -1.36. The van der Waals surface area contributed by atoms with Crippen molar-refractivity contribution in [1.29, 1.82) is 0 Å². The van der Waals surface area contributed by atoms with Gasteiger partial charge in [0, 0.05) is 23.6 Å². The zero-order chi connectivity index (χ0) is 12.6. The van der Waals surface area contributed by atoms with Gasteiger partial charge in [-0.05, 0) is 12.8 Å². The number of benzene rings is 1. The van der Waals surface area contributed by atoms with Gasteiger partial charge in [-0.1, -0.05) is 6.42 Å². The van der Waals surface area contributed by atoms with Crippen LogP contribution < -0.4 is 10.5 Å². The predicted molar refractivity (Wildman–Crippen MR) is 59.2 cm³/mol. The van der Waals surface area contributed by atoms with E-state index in [1.54, 1.807) is 0 Å². The van der Waals surface area contributed by atoms with Gasteiger partial charge >= 0.3 is 0 Å². The number of rotatable bonds is 3. The van der Waals surface area contributed by atoms with Crippen molar-refractivity contribution in [3.63, 3.8) is 0 Å². The lowest BCUT2D eigenvalue weighted by Crippen LogP contribution is -2.42. The van der Waals surface area contributed by atoms with Crippen molar-refractivity contribution in [2.24, 2.45) is 5.73 Å². The number of halogens is 2. The van der Waals surface area contributed by atoms with Crippen molar-refractivity contribution in [3.8, 4) is 11.5 Å². The van der Waals surface area contributed by atoms with Crippen molar-refractivity contribution in [1.82, 2.24) is 0 Å². The highest BCUT2D eigenvalue weighted by molar-refractivity contribution is 5.51. The Morgan fingerprint density at radius 2 is 2.12 bits per heavy atom. The van der Waals surface area contributed by atoms with E-state index in [9.17, 15) is 13.9 Å². The first-order valence-corrected chi connectivity index (χ1v) is 5.51. The molecule has 5 heteroatoms. The Balaban J connectivity index is 2.63. The van der Waals surface area contributed by atoms with Crippen molar-refractivity contribution >= 4 is 0 Å². The zero-order valence-corrected chi connectivity index (χ0v) is 9.59. The van der Waals surface area contributed by atoms with Crippen LogP contribution in [0.3, 0.4) is 0 Å². The Kier molecular flexibility index (Phi) is 2.95. The molecule has 94 valence electrons. The standard InChI is InChI=1S/C12H15F2NO2/c1-17-8-5-7(13)10(14)9(11(8)16)12(6-15)3-2-4-12/h5,16H,2-4,6,15H2,1H3. The van der Waals surface area contributed by atoms with Crippen molar-refractivity contribution in [2.45, 2.75) is 24.7 Å². The lowest BCUT2D eigenvalue weighted by molar-refractivity contribution is 0.230. The summed E-state index contributed by atoms with van der Waals surface area (Å²) >= 11 is 0. The molecule has 0 radical (unpaired) electrons. The molecule has 1 aromatic carbocycles. The average Bonchev–Trinajstić information content (AvgIpc) is 2.27. The molecule has 2 rings (SSSR count). The van der Waals surface area contributed by atoms with E-state index < -0.39 is 17.0 Å². The molecule has 1 aliphatic carbocycles. The molecule has 0 unspecified atom stereocenters. The number of hydrogen-bond acceptors (Lipinski definition) is 3. The van der Waals surface area contributed by atoms with E-state index in [2.05, 4.69) is 0 Å². The second kappa shape index (κ2) is 4.14. The SMILES string of the molecule is COc1cc(F)c(F)c(C2(CN)CCC2)c1O. The van der Waals surface area contributed by atoms with Crippen LogP contribution in [0.2, 0.25) is 0 Å². The van der Waals surface area contributed by atoms with Crippen molar-refractivity contribution in [2.75, 3.05) is 13.7 Å². The Labute approximate surface area is 98.2 Å². The fraction of sp³-hybridized carbons (Fsp3) is 0.500. The fourth-order valence-corrected chi connectivity index (χ4v) is 2.39. The van der Waals surface area contributed by atoms with Crippen LogP contribution >= 0.6 is 0 Å². The molecule has 1 aliphatic rings. The van der Waals surface area contributed by atoms with E-state index in [-0.39, 0.29) is 23.6 Å². The first-order valence-electron chi connectivity index (χ1n) is 5.51. The molecule has 3 nitrogen and oxygen atoms in total. The third-order valence-corrected chi connectivity index (χ3v) is 3.61. The van der Waals surface area contributed by atoms with Gasteiger partial charge in [0.25, 0.3) is 0 Å². The van der Waals surface area contributed by atoms with Gasteiger partial charge in [0.05, 0.1) is 7.11 Å². The summed E-state index contributed by atoms with van der Waals surface area (Å²) in [5, 5.41) is 9.94. The zero-order valence-electron chi connectivity index (χ0n) is 9.59. The minimum absolute atomic E-state index is 0.0388. The Morgan fingerprint density at radius 3 is 2.53 bits per heavy atom. The molecule has 17 heavy (non-hydrogen) atoms. The Morgan fingerprint density at radius 1 is 1.47 bits per heavy atom. The number of methoxy groups -OCH3 is 1. The topological polar surface area (TPSA) is 55.5 Å². The van der Waals surface area contributed by atoms with Gasteiger partial charge in [-0.15, -0.1) is 0 Å². The highest BCUT2D eigenvalue weighted by Gasteiger charge is 2.43. The summed E-state index contributed by atoms with van der Waals surface area (Å²) in [5.74, 6) is -2.43. The lowest BCUT2D eigenvalue weighted by Gasteiger charge is -2.41. The lowest BCUT2D eigenvalue weighted by atomic mass is 9.64. The Bertz CT molecular complexity index is 439. The molecule has 1 fully saturated rings. The molecular formula is C12H15F2NO2. The molecule has 0 saturated heterocycles. The van der Waals surface area contributed by atoms with Gasteiger partial charge in [-0.2, -0.15) is 0 Å². The van der Waals surface area contributed by atoms with Crippen LogP contribution in [0.15, 0.2) is 6.07 Å². The van der Waals surface area contributed by atoms with E-state index in [4.69, 9.17) is 10.5 Å². The van der Waals surface area contributed by atoms with Crippen molar-refractivity contribution in [3.05, 3.63) is 23.3 Å². The third kappa shape index (κ3) is 1.65. The van der Waals surface area contributed by atoms with Gasteiger partial charge in [-0.3, -0.25) is 0 Å². The van der Waals surface area contributed by atoms with Crippen LogP contribution in [0, 0.1) is 11.6 Å². The van der Waals surface area contributed by atoms with Crippen LogP contribution in [-0.4, -0.2) is 18.8 Å². The van der Waals surface area contributed by atoms with Gasteiger partial charge in [0.15, 0.2) is 23.1 Å². The molecule has 0 heterocycles. The van der Waals surface area contributed by atoms with Gasteiger partial charge in [-0.25, -0.2) is 8.78 Å². The number of phenols is 1. The average molecular weight is 243 g/mol. The fourth-order valence-electron chi connectivity index (χ4n) is 2.39. The summed E-state index contributed by atoms with van der Waals surface area (Å²) in [7, 11) is 1.30.